The summed E-state index contributed by atoms with van der Waals surface area (Å²) < 4.78 is 10.6. The highest BCUT2D eigenvalue weighted by Gasteiger charge is 2.23. The number of benzene rings is 1. The summed E-state index contributed by atoms with van der Waals surface area (Å²) in [5, 5.41) is 7.36. The van der Waals surface area contributed by atoms with Gasteiger partial charge in [0.25, 0.3) is 5.89 Å². The third kappa shape index (κ3) is 1.97. The Hall–Kier alpha value is -1.88. The Bertz CT molecular complexity index is 533. The van der Waals surface area contributed by atoms with Gasteiger partial charge in [0, 0.05) is 12.5 Å². The lowest BCUT2D eigenvalue weighted by atomic mass is 10.1. The molecule has 1 N–H and O–H groups in total. The first-order chi connectivity index (χ1) is 8.88. The number of hydrogen-bond donors (Lipinski definition) is 1. The second kappa shape index (κ2) is 4.78. The zero-order valence-electron chi connectivity index (χ0n) is 10.2. The van der Waals surface area contributed by atoms with E-state index in [2.05, 4.69) is 15.5 Å². The fourth-order valence-electron chi connectivity index (χ4n) is 2.21. The van der Waals surface area contributed by atoms with Crippen LogP contribution in [0.1, 0.15) is 18.2 Å². The minimum atomic E-state index is 0.359. The van der Waals surface area contributed by atoms with Crippen molar-refractivity contribution >= 4 is 0 Å². The maximum atomic E-state index is 5.34. The molecule has 0 radical (unpaired) electrons. The first kappa shape index (κ1) is 11.2. The van der Waals surface area contributed by atoms with Crippen molar-refractivity contribution in [1.29, 1.82) is 0 Å². The van der Waals surface area contributed by atoms with E-state index in [1.165, 1.54) is 0 Å². The second-order valence-corrected chi connectivity index (χ2v) is 4.35. The Morgan fingerprint density at radius 2 is 2.28 bits per heavy atom. The van der Waals surface area contributed by atoms with Crippen molar-refractivity contribution in [1.82, 2.24) is 15.5 Å². The van der Waals surface area contributed by atoms with Gasteiger partial charge in [0.15, 0.2) is 5.82 Å². The lowest BCUT2D eigenvalue weighted by molar-refractivity contribution is 0.401. The average molecular weight is 245 g/mol. The van der Waals surface area contributed by atoms with Gasteiger partial charge in [0.1, 0.15) is 5.75 Å². The van der Waals surface area contributed by atoms with Crippen molar-refractivity contribution < 1.29 is 9.26 Å². The molecule has 0 aliphatic carbocycles. The van der Waals surface area contributed by atoms with Crippen molar-refractivity contribution in [3.63, 3.8) is 0 Å². The molecule has 18 heavy (non-hydrogen) atoms. The smallest absolute Gasteiger partial charge is 0.261 e. The van der Waals surface area contributed by atoms with Crippen LogP contribution in [-0.4, -0.2) is 30.3 Å². The zero-order chi connectivity index (χ0) is 12.4. The molecule has 0 saturated carbocycles. The number of nitrogens with zero attached hydrogens (tertiary/aromatic N) is 2. The SMILES string of the molecule is COc1ccccc1-c1nc(C2CCNC2)no1. The molecule has 3 rings (SSSR count). The third-order valence-electron chi connectivity index (χ3n) is 3.20. The molecule has 0 amide bonds. The average Bonchev–Trinajstić information content (AvgIpc) is 3.09. The molecule has 5 heteroatoms. The lowest BCUT2D eigenvalue weighted by Gasteiger charge is -2.03. The van der Waals surface area contributed by atoms with Crippen molar-refractivity contribution in [3.8, 4) is 17.2 Å². The van der Waals surface area contributed by atoms with E-state index >= 15 is 0 Å². The molecule has 0 spiro atoms. The fraction of sp³-hybridized carbons (Fsp3) is 0.385. The van der Waals surface area contributed by atoms with Gasteiger partial charge in [0.05, 0.1) is 12.7 Å². The van der Waals surface area contributed by atoms with Gasteiger partial charge in [-0.2, -0.15) is 4.98 Å². The maximum Gasteiger partial charge on any atom is 0.261 e. The summed E-state index contributed by atoms with van der Waals surface area (Å²) in [6.07, 6.45) is 1.06. The van der Waals surface area contributed by atoms with E-state index in [1.807, 2.05) is 24.3 Å². The third-order valence-corrected chi connectivity index (χ3v) is 3.20. The van der Waals surface area contributed by atoms with Gasteiger partial charge in [-0.25, -0.2) is 0 Å². The molecular formula is C13H15N3O2. The highest BCUT2D eigenvalue weighted by Crippen LogP contribution is 2.29. The Morgan fingerprint density at radius 1 is 1.39 bits per heavy atom. The maximum absolute atomic E-state index is 5.34. The number of aromatic nitrogens is 2. The largest absolute Gasteiger partial charge is 0.496 e. The van der Waals surface area contributed by atoms with Crippen LogP contribution in [0.15, 0.2) is 28.8 Å². The van der Waals surface area contributed by atoms with Crippen LogP contribution in [0.5, 0.6) is 5.75 Å². The van der Waals surface area contributed by atoms with E-state index in [-0.39, 0.29) is 0 Å². The number of hydrogen-bond acceptors (Lipinski definition) is 5. The van der Waals surface area contributed by atoms with E-state index < -0.39 is 0 Å². The van der Waals surface area contributed by atoms with Crippen LogP contribution in [-0.2, 0) is 0 Å². The number of nitrogens with one attached hydrogen (secondary N) is 1. The van der Waals surface area contributed by atoms with Crippen LogP contribution < -0.4 is 10.1 Å². The normalized spacial score (nSPS) is 19.1. The molecule has 1 saturated heterocycles. The van der Waals surface area contributed by atoms with Crippen LogP contribution >= 0.6 is 0 Å². The summed E-state index contributed by atoms with van der Waals surface area (Å²) >= 11 is 0. The minimum absolute atomic E-state index is 0.359. The Morgan fingerprint density at radius 3 is 3.06 bits per heavy atom. The molecule has 0 bridgehead atoms. The number of methoxy groups -OCH3 is 1. The van der Waals surface area contributed by atoms with Crippen LogP contribution in [0.3, 0.4) is 0 Å². The summed E-state index contributed by atoms with van der Waals surface area (Å²) in [5.41, 5.74) is 0.838. The molecule has 1 aromatic carbocycles. The van der Waals surface area contributed by atoms with Crippen LogP contribution in [0.25, 0.3) is 11.5 Å². The molecule has 1 unspecified atom stereocenters. The summed E-state index contributed by atoms with van der Waals surface area (Å²) in [4.78, 5) is 4.47. The quantitative estimate of drug-likeness (QED) is 0.893. The number of rotatable bonds is 3. The molecule has 2 aromatic rings. The Labute approximate surface area is 105 Å². The van der Waals surface area contributed by atoms with Gasteiger partial charge < -0.3 is 14.6 Å². The zero-order valence-corrected chi connectivity index (χ0v) is 10.2. The van der Waals surface area contributed by atoms with Crippen LogP contribution in [0.4, 0.5) is 0 Å². The van der Waals surface area contributed by atoms with Crippen molar-refractivity contribution in [2.24, 2.45) is 0 Å². The standard InChI is InChI=1S/C13H15N3O2/c1-17-11-5-3-2-4-10(11)13-15-12(16-18-13)9-6-7-14-8-9/h2-5,9,14H,6-8H2,1H3. The summed E-state index contributed by atoms with van der Waals surface area (Å²) in [6, 6.07) is 7.65. The van der Waals surface area contributed by atoms with Crippen LogP contribution in [0, 0.1) is 0 Å². The molecule has 1 fully saturated rings. The van der Waals surface area contributed by atoms with Crippen molar-refractivity contribution in [3.05, 3.63) is 30.1 Å². The summed E-state index contributed by atoms with van der Waals surface area (Å²) in [5.74, 6) is 2.41. The van der Waals surface area contributed by atoms with E-state index in [4.69, 9.17) is 9.26 Å². The second-order valence-electron chi connectivity index (χ2n) is 4.35. The molecule has 1 aromatic heterocycles. The summed E-state index contributed by atoms with van der Waals surface area (Å²) in [7, 11) is 1.64. The van der Waals surface area contributed by atoms with E-state index in [1.54, 1.807) is 7.11 Å². The lowest BCUT2D eigenvalue weighted by Crippen LogP contribution is -2.08. The predicted octanol–water partition coefficient (Wildman–Crippen LogP) is 1.82. The molecule has 5 nitrogen and oxygen atoms in total. The van der Waals surface area contributed by atoms with Gasteiger partial charge in [-0.15, -0.1) is 0 Å². The van der Waals surface area contributed by atoms with E-state index in [0.717, 1.165) is 36.6 Å². The molecule has 2 heterocycles. The van der Waals surface area contributed by atoms with Gasteiger partial charge in [-0.05, 0) is 25.1 Å². The van der Waals surface area contributed by atoms with Gasteiger partial charge in [-0.1, -0.05) is 17.3 Å². The summed E-state index contributed by atoms with van der Waals surface area (Å²) in [6.45, 7) is 1.94. The van der Waals surface area contributed by atoms with Gasteiger partial charge in [-0.3, -0.25) is 0 Å². The molecule has 1 aliphatic rings. The first-order valence-corrected chi connectivity index (χ1v) is 6.06. The Kier molecular flexibility index (Phi) is 2.98. The molecule has 1 atom stereocenters. The van der Waals surface area contributed by atoms with Gasteiger partial charge in [0.2, 0.25) is 0 Å². The fourth-order valence-corrected chi connectivity index (χ4v) is 2.21. The monoisotopic (exact) mass is 245 g/mol. The van der Waals surface area contributed by atoms with Crippen LogP contribution in [0.2, 0.25) is 0 Å². The predicted molar refractivity (Wildman–Crippen MR) is 66.5 cm³/mol. The van der Waals surface area contributed by atoms with Crippen molar-refractivity contribution in [2.75, 3.05) is 20.2 Å². The van der Waals surface area contributed by atoms with Crippen molar-refractivity contribution in [2.45, 2.75) is 12.3 Å². The molecular weight excluding hydrogens is 230 g/mol. The van der Waals surface area contributed by atoms with E-state index in [0.29, 0.717) is 11.8 Å². The molecule has 1 aliphatic heterocycles. The molecule has 94 valence electrons. The van der Waals surface area contributed by atoms with E-state index in [9.17, 15) is 0 Å². The Balaban J connectivity index is 1.92. The number of ether oxygens (including phenoxy) is 1. The highest BCUT2D eigenvalue weighted by molar-refractivity contribution is 5.62. The first-order valence-electron chi connectivity index (χ1n) is 6.06. The van der Waals surface area contributed by atoms with Gasteiger partial charge >= 0.3 is 0 Å². The topological polar surface area (TPSA) is 60.2 Å². The highest BCUT2D eigenvalue weighted by atomic mass is 16.5. The number of para-hydroxylation sites is 1. The minimum Gasteiger partial charge on any atom is -0.496 e.